The van der Waals surface area contributed by atoms with E-state index in [2.05, 4.69) is 5.32 Å². The number of fused-ring (bicyclic) bond motifs is 1. The highest BCUT2D eigenvalue weighted by atomic mass is 16.5. The first-order valence-corrected chi connectivity index (χ1v) is 9.32. The summed E-state index contributed by atoms with van der Waals surface area (Å²) in [6.07, 6.45) is 0.144. The van der Waals surface area contributed by atoms with Gasteiger partial charge in [0, 0.05) is 26.4 Å². The molecule has 1 aliphatic heterocycles. The second kappa shape index (κ2) is 7.43. The van der Waals surface area contributed by atoms with E-state index in [9.17, 15) is 14.4 Å². The third-order valence-corrected chi connectivity index (χ3v) is 5.23. The summed E-state index contributed by atoms with van der Waals surface area (Å²) in [4.78, 5) is 37.2. The van der Waals surface area contributed by atoms with Gasteiger partial charge in [-0.2, -0.15) is 0 Å². The number of carbonyl (C=O) groups is 1. The molecule has 0 saturated carbocycles. The first-order chi connectivity index (χ1) is 14.0. The van der Waals surface area contributed by atoms with E-state index in [1.807, 2.05) is 54.6 Å². The van der Waals surface area contributed by atoms with Crippen LogP contribution in [0.25, 0.3) is 0 Å². The fourth-order valence-electron chi connectivity index (χ4n) is 3.63. The van der Waals surface area contributed by atoms with Crippen molar-refractivity contribution in [2.24, 2.45) is 14.1 Å². The zero-order chi connectivity index (χ0) is 20.5. The molecule has 7 heteroatoms. The van der Waals surface area contributed by atoms with Gasteiger partial charge in [-0.3, -0.25) is 18.7 Å². The molecule has 1 aliphatic rings. The van der Waals surface area contributed by atoms with Crippen LogP contribution in [0.2, 0.25) is 0 Å². The number of aromatic nitrogens is 2. The summed E-state index contributed by atoms with van der Waals surface area (Å²) in [5.41, 5.74) is 1.45. The van der Waals surface area contributed by atoms with Gasteiger partial charge < -0.3 is 10.1 Å². The normalized spacial score (nSPS) is 15.5. The molecule has 0 saturated heterocycles. The number of hydrogen-bond acceptors (Lipinski definition) is 4. The van der Waals surface area contributed by atoms with Crippen molar-refractivity contribution in [3.05, 3.63) is 92.1 Å². The SMILES string of the molecule is Cn1c2c(c(=O)n(C)c1=O)C(c1ccc(OCc3ccccc3)cc1)CC(=O)N2. The maximum Gasteiger partial charge on any atom is 0.332 e. The molecule has 4 rings (SSSR count). The summed E-state index contributed by atoms with van der Waals surface area (Å²) in [5.74, 6) is 0.317. The number of nitrogens with zero attached hydrogens (tertiary/aromatic N) is 2. The molecule has 1 unspecified atom stereocenters. The Balaban J connectivity index is 1.65. The van der Waals surface area contributed by atoms with Crippen LogP contribution in [-0.4, -0.2) is 15.0 Å². The fraction of sp³-hybridized carbons (Fsp3) is 0.227. The molecule has 7 nitrogen and oxygen atoms in total. The van der Waals surface area contributed by atoms with Crippen molar-refractivity contribution in [3.63, 3.8) is 0 Å². The molecule has 148 valence electrons. The largest absolute Gasteiger partial charge is 0.489 e. The van der Waals surface area contributed by atoms with Crippen LogP contribution in [0.1, 0.15) is 29.0 Å². The number of nitrogens with one attached hydrogen (secondary N) is 1. The molecule has 1 N–H and O–H groups in total. The van der Waals surface area contributed by atoms with Crippen molar-refractivity contribution in [1.29, 1.82) is 0 Å². The van der Waals surface area contributed by atoms with E-state index in [4.69, 9.17) is 4.74 Å². The molecule has 1 amide bonds. The molecular formula is C22H21N3O4. The maximum atomic E-state index is 12.8. The Morgan fingerprint density at radius 2 is 1.66 bits per heavy atom. The topological polar surface area (TPSA) is 82.3 Å². The van der Waals surface area contributed by atoms with Crippen LogP contribution >= 0.6 is 0 Å². The lowest BCUT2D eigenvalue weighted by atomic mass is 9.86. The van der Waals surface area contributed by atoms with E-state index in [-0.39, 0.29) is 18.1 Å². The molecule has 0 radical (unpaired) electrons. The number of anilines is 1. The van der Waals surface area contributed by atoms with Gasteiger partial charge in [0.05, 0.1) is 5.56 Å². The van der Waals surface area contributed by atoms with Crippen LogP contribution in [0.15, 0.2) is 64.2 Å². The second-order valence-corrected chi connectivity index (χ2v) is 7.12. The molecule has 29 heavy (non-hydrogen) atoms. The Bertz CT molecular complexity index is 1180. The highest BCUT2D eigenvalue weighted by molar-refractivity contribution is 5.94. The predicted molar refractivity (Wildman–Crippen MR) is 109 cm³/mol. The Morgan fingerprint density at radius 3 is 2.34 bits per heavy atom. The summed E-state index contributed by atoms with van der Waals surface area (Å²) in [5, 5.41) is 2.67. The molecule has 2 heterocycles. The Morgan fingerprint density at radius 1 is 0.966 bits per heavy atom. The first-order valence-electron chi connectivity index (χ1n) is 9.32. The van der Waals surface area contributed by atoms with E-state index in [1.54, 1.807) is 7.05 Å². The standard InChI is InChI=1S/C22H21N3O4/c1-24-20-19(21(27)25(2)22(24)28)17(12-18(26)23-20)15-8-10-16(11-9-15)29-13-14-6-4-3-5-7-14/h3-11,17H,12-13H2,1-2H3,(H,23,26). The fourth-order valence-corrected chi connectivity index (χ4v) is 3.63. The average molecular weight is 391 g/mol. The first kappa shape index (κ1) is 18.7. The minimum Gasteiger partial charge on any atom is -0.489 e. The number of amides is 1. The molecule has 1 aromatic heterocycles. The number of carbonyl (C=O) groups excluding carboxylic acids is 1. The molecule has 2 aromatic carbocycles. The van der Waals surface area contributed by atoms with Crippen LogP contribution in [0, 0.1) is 0 Å². The van der Waals surface area contributed by atoms with Gasteiger partial charge in [0.15, 0.2) is 0 Å². The lowest BCUT2D eigenvalue weighted by molar-refractivity contribution is -0.116. The van der Waals surface area contributed by atoms with Crippen molar-refractivity contribution in [3.8, 4) is 5.75 Å². The van der Waals surface area contributed by atoms with Crippen LogP contribution in [-0.2, 0) is 25.5 Å². The van der Waals surface area contributed by atoms with Crippen LogP contribution in [0.4, 0.5) is 5.82 Å². The van der Waals surface area contributed by atoms with Crippen molar-refractivity contribution in [1.82, 2.24) is 9.13 Å². The molecule has 0 bridgehead atoms. The number of rotatable bonds is 4. The van der Waals surface area contributed by atoms with Crippen molar-refractivity contribution >= 4 is 11.7 Å². The molecule has 1 atom stereocenters. The smallest absolute Gasteiger partial charge is 0.332 e. The maximum absolute atomic E-state index is 12.8. The molecule has 0 spiro atoms. The van der Waals surface area contributed by atoms with Crippen molar-refractivity contribution in [2.75, 3.05) is 5.32 Å². The lowest BCUT2D eigenvalue weighted by Crippen LogP contribution is -2.44. The minimum atomic E-state index is -0.473. The average Bonchev–Trinajstić information content (AvgIpc) is 2.75. The molecule has 0 aliphatic carbocycles. The number of ether oxygens (including phenoxy) is 1. The minimum absolute atomic E-state index is 0.144. The zero-order valence-electron chi connectivity index (χ0n) is 16.2. The summed E-state index contributed by atoms with van der Waals surface area (Å²) < 4.78 is 8.19. The van der Waals surface area contributed by atoms with Crippen molar-refractivity contribution in [2.45, 2.75) is 18.9 Å². The number of hydrogen-bond donors (Lipinski definition) is 1. The van der Waals surface area contributed by atoms with E-state index >= 15 is 0 Å². The van der Waals surface area contributed by atoms with E-state index < -0.39 is 17.2 Å². The van der Waals surface area contributed by atoms with Gasteiger partial charge >= 0.3 is 5.69 Å². The van der Waals surface area contributed by atoms with Crippen LogP contribution < -0.4 is 21.3 Å². The van der Waals surface area contributed by atoms with Gasteiger partial charge in [-0.1, -0.05) is 42.5 Å². The third kappa shape index (κ3) is 3.47. The predicted octanol–water partition coefficient (Wildman–Crippen LogP) is 2.14. The highest BCUT2D eigenvalue weighted by Gasteiger charge is 2.32. The Hall–Kier alpha value is -3.61. The summed E-state index contributed by atoms with van der Waals surface area (Å²) >= 11 is 0. The van der Waals surface area contributed by atoms with Crippen LogP contribution in [0.5, 0.6) is 5.75 Å². The van der Waals surface area contributed by atoms with E-state index in [0.717, 1.165) is 15.7 Å². The zero-order valence-corrected chi connectivity index (χ0v) is 16.2. The second-order valence-electron chi connectivity index (χ2n) is 7.12. The summed E-state index contributed by atoms with van der Waals surface area (Å²) in [6, 6.07) is 17.2. The lowest BCUT2D eigenvalue weighted by Gasteiger charge is -2.27. The Labute approximate surface area is 167 Å². The van der Waals surface area contributed by atoms with E-state index in [1.165, 1.54) is 11.6 Å². The monoisotopic (exact) mass is 391 g/mol. The van der Waals surface area contributed by atoms with Gasteiger partial charge in [-0.05, 0) is 23.3 Å². The summed E-state index contributed by atoms with van der Waals surface area (Å²) in [6.45, 7) is 0.456. The van der Waals surface area contributed by atoms with Crippen molar-refractivity contribution < 1.29 is 9.53 Å². The molecule has 3 aromatic rings. The van der Waals surface area contributed by atoms with Gasteiger partial charge in [-0.25, -0.2) is 4.79 Å². The number of benzene rings is 2. The highest BCUT2D eigenvalue weighted by Crippen LogP contribution is 2.34. The Kier molecular flexibility index (Phi) is 4.80. The molecular weight excluding hydrogens is 370 g/mol. The van der Waals surface area contributed by atoms with E-state index in [0.29, 0.717) is 17.9 Å². The summed E-state index contributed by atoms with van der Waals surface area (Å²) in [7, 11) is 2.99. The van der Waals surface area contributed by atoms with Gasteiger partial charge in [0.25, 0.3) is 5.56 Å². The van der Waals surface area contributed by atoms with Gasteiger partial charge in [-0.15, -0.1) is 0 Å². The van der Waals surface area contributed by atoms with Gasteiger partial charge in [0.2, 0.25) is 5.91 Å². The van der Waals surface area contributed by atoms with Gasteiger partial charge in [0.1, 0.15) is 18.2 Å². The molecule has 0 fully saturated rings. The third-order valence-electron chi connectivity index (χ3n) is 5.23. The van der Waals surface area contributed by atoms with Crippen LogP contribution in [0.3, 0.4) is 0 Å². The quantitative estimate of drug-likeness (QED) is 0.739.